The number of nitrogens with zero attached hydrogens (tertiary/aromatic N) is 2. The van der Waals surface area contributed by atoms with Crippen molar-refractivity contribution in [2.45, 2.75) is 0 Å². The third-order valence-electron chi connectivity index (χ3n) is 6.32. The Hall–Kier alpha value is -4.17. The van der Waals surface area contributed by atoms with E-state index < -0.39 is 5.97 Å². The highest BCUT2D eigenvalue weighted by atomic mass is 16.5. The number of benzene rings is 3. The van der Waals surface area contributed by atoms with Gasteiger partial charge in [-0.2, -0.15) is 0 Å². The van der Waals surface area contributed by atoms with Crippen LogP contribution in [0.15, 0.2) is 59.1 Å². The van der Waals surface area contributed by atoms with Crippen molar-refractivity contribution < 1.29 is 23.6 Å². The van der Waals surface area contributed by atoms with Crippen LogP contribution in [0.2, 0.25) is 0 Å². The van der Waals surface area contributed by atoms with Crippen LogP contribution >= 0.6 is 0 Å². The number of morpholine rings is 1. The number of esters is 1. The standard InChI is InChI=1S/C26H21N3O5/c1-32-26(31)15-6-8-16(9-7-15)27-19-14-20(29-10-12-33-13-11-29)23-22-21(19)24(30)17-4-2-3-5-18(17)25(22)34-28-23/h2-9,14,27H,10-13H2,1H3. The second kappa shape index (κ2) is 8.00. The van der Waals surface area contributed by atoms with Gasteiger partial charge in [0, 0.05) is 29.9 Å². The molecule has 1 saturated heterocycles. The summed E-state index contributed by atoms with van der Waals surface area (Å²) in [5.74, 6) is 0.108. The molecule has 34 heavy (non-hydrogen) atoms. The Labute approximate surface area is 195 Å². The minimum atomic E-state index is -0.404. The van der Waals surface area contributed by atoms with Gasteiger partial charge in [-0.3, -0.25) is 4.79 Å². The number of carbonyl (C=O) groups excluding carboxylic acids is 2. The Morgan fingerprint density at radius 3 is 2.53 bits per heavy atom. The molecule has 1 aliphatic heterocycles. The van der Waals surface area contributed by atoms with Crippen molar-refractivity contribution in [3.63, 3.8) is 0 Å². The van der Waals surface area contributed by atoms with E-state index in [1.165, 1.54) is 7.11 Å². The van der Waals surface area contributed by atoms with Crippen molar-refractivity contribution in [2.24, 2.45) is 0 Å². The quantitative estimate of drug-likeness (QED) is 0.399. The normalized spacial score (nSPS) is 14.7. The van der Waals surface area contributed by atoms with E-state index in [4.69, 9.17) is 14.0 Å². The number of ketones is 1. The molecule has 2 heterocycles. The van der Waals surface area contributed by atoms with Gasteiger partial charge in [0.05, 0.1) is 48.2 Å². The molecule has 3 aromatic carbocycles. The SMILES string of the molecule is COC(=O)c1ccc(Nc2cc(N3CCOCC3)c3noc4c3c2C(=O)c2ccccc2-4)cc1. The first kappa shape index (κ1) is 20.4. The molecule has 8 heteroatoms. The molecule has 0 bridgehead atoms. The maximum Gasteiger partial charge on any atom is 0.337 e. The van der Waals surface area contributed by atoms with Crippen molar-refractivity contribution >= 4 is 39.7 Å². The van der Waals surface area contributed by atoms with Crippen LogP contribution in [0, 0.1) is 0 Å². The Morgan fingerprint density at radius 2 is 1.79 bits per heavy atom. The molecule has 4 aromatic rings. The van der Waals surface area contributed by atoms with Gasteiger partial charge in [-0.25, -0.2) is 4.79 Å². The zero-order valence-electron chi connectivity index (χ0n) is 18.5. The van der Waals surface area contributed by atoms with Gasteiger partial charge in [-0.1, -0.05) is 29.4 Å². The van der Waals surface area contributed by atoms with E-state index in [1.807, 2.05) is 24.3 Å². The van der Waals surface area contributed by atoms with Gasteiger partial charge >= 0.3 is 5.97 Å². The minimum absolute atomic E-state index is 0.0847. The highest BCUT2D eigenvalue weighted by Crippen LogP contribution is 2.46. The summed E-state index contributed by atoms with van der Waals surface area (Å²) in [6, 6.07) is 16.3. The lowest BCUT2D eigenvalue weighted by atomic mass is 9.86. The largest absolute Gasteiger partial charge is 0.465 e. The first-order valence-electron chi connectivity index (χ1n) is 11.0. The van der Waals surface area contributed by atoms with Crippen molar-refractivity contribution in [3.8, 4) is 11.3 Å². The number of hydrogen-bond donors (Lipinski definition) is 1. The third-order valence-corrected chi connectivity index (χ3v) is 6.32. The molecular weight excluding hydrogens is 434 g/mol. The Morgan fingerprint density at radius 1 is 1.06 bits per heavy atom. The number of fused-ring (bicyclic) bond motifs is 2. The molecule has 1 N–H and O–H groups in total. The van der Waals surface area contributed by atoms with Crippen LogP contribution in [-0.2, 0) is 9.47 Å². The molecule has 0 unspecified atom stereocenters. The van der Waals surface area contributed by atoms with Crippen LogP contribution in [0.25, 0.3) is 22.2 Å². The van der Waals surface area contributed by atoms with Crippen LogP contribution in [0.3, 0.4) is 0 Å². The lowest BCUT2D eigenvalue weighted by molar-refractivity contribution is 0.0600. The number of methoxy groups -OCH3 is 1. The average molecular weight is 455 g/mol. The van der Waals surface area contributed by atoms with Gasteiger partial charge in [0.25, 0.3) is 0 Å². The molecule has 1 aliphatic carbocycles. The molecule has 2 aliphatic rings. The summed E-state index contributed by atoms with van der Waals surface area (Å²) in [6.07, 6.45) is 0. The van der Waals surface area contributed by atoms with Gasteiger partial charge in [0.1, 0.15) is 5.52 Å². The summed E-state index contributed by atoms with van der Waals surface area (Å²) in [4.78, 5) is 27.7. The topological polar surface area (TPSA) is 93.9 Å². The lowest BCUT2D eigenvalue weighted by Crippen LogP contribution is -2.36. The fourth-order valence-corrected chi connectivity index (χ4v) is 4.65. The number of aromatic nitrogens is 1. The van der Waals surface area contributed by atoms with Crippen LogP contribution < -0.4 is 10.2 Å². The van der Waals surface area contributed by atoms with Crippen molar-refractivity contribution in [1.82, 2.24) is 5.16 Å². The number of nitrogens with one attached hydrogen (secondary N) is 1. The first-order valence-corrected chi connectivity index (χ1v) is 11.0. The molecule has 0 atom stereocenters. The summed E-state index contributed by atoms with van der Waals surface area (Å²) in [5.41, 5.74) is 5.25. The third kappa shape index (κ3) is 3.14. The molecule has 1 fully saturated rings. The number of rotatable bonds is 4. The Kier molecular flexibility index (Phi) is 4.81. The second-order valence-electron chi connectivity index (χ2n) is 8.22. The van der Waals surface area contributed by atoms with E-state index in [-0.39, 0.29) is 5.78 Å². The predicted molar refractivity (Wildman–Crippen MR) is 127 cm³/mol. The zero-order chi connectivity index (χ0) is 23.2. The maximum atomic E-state index is 13.7. The smallest absolute Gasteiger partial charge is 0.337 e. The van der Waals surface area contributed by atoms with Crippen LogP contribution in [-0.4, -0.2) is 50.3 Å². The summed E-state index contributed by atoms with van der Waals surface area (Å²) in [6.45, 7) is 2.67. The van der Waals surface area contributed by atoms with E-state index in [1.54, 1.807) is 30.3 Å². The van der Waals surface area contributed by atoms with Crippen LogP contribution in [0.5, 0.6) is 0 Å². The Balaban J connectivity index is 1.53. The van der Waals surface area contributed by atoms with E-state index in [2.05, 4.69) is 15.4 Å². The fraction of sp³-hybridized carbons (Fsp3) is 0.192. The van der Waals surface area contributed by atoms with E-state index >= 15 is 0 Å². The number of hydrogen-bond acceptors (Lipinski definition) is 8. The first-order chi connectivity index (χ1) is 16.7. The van der Waals surface area contributed by atoms with Crippen molar-refractivity contribution in [2.75, 3.05) is 43.6 Å². The average Bonchev–Trinajstić information content (AvgIpc) is 3.33. The molecule has 0 spiro atoms. The molecule has 170 valence electrons. The number of carbonyl (C=O) groups is 2. The molecule has 0 saturated carbocycles. The van der Waals surface area contributed by atoms with Crippen molar-refractivity contribution in [3.05, 3.63) is 71.3 Å². The monoisotopic (exact) mass is 455 g/mol. The van der Waals surface area contributed by atoms with Crippen LogP contribution in [0.4, 0.5) is 17.1 Å². The fourth-order valence-electron chi connectivity index (χ4n) is 4.65. The van der Waals surface area contributed by atoms with E-state index in [0.717, 1.165) is 16.9 Å². The highest BCUT2D eigenvalue weighted by Gasteiger charge is 2.33. The predicted octanol–water partition coefficient (Wildman–Crippen LogP) is 4.41. The van der Waals surface area contributed by atoms with Gasteiger partial charge in [0.2, 0.25) is 0 Å². The summed E-state index contributed by atoms with van der Waals surface area (Å²) in [5, 5.41) is 8.50. The second-order valence-corrected chi connectivity index (χ2v) is 8.22. The summed E-state index contributed by atoms with van der Waals surface area (Å²) >= 11 is 0. The molecule has 8 nitrogen and oxygen atoms in total. The van der Waals surface area contributed by atoms with Crippen LogP contribution in [0.1, 0.15) is 26.3 Å². The summed E-state index contributed by atoms with van der Waals surface area (Å²) < 4.78 is 16.1. The molecule has 0 radical (unpaired) electrons. The zero-order valence-corrected chi connectivity index (χ0v) is 18.5. The van der Waals surface area contributed by atoms with E-state index in [0.29, 0.717) is 65.3 Å². The highest BCUT2D eigenvalue weighted by molar-refractivity contribution is 6.28. The molecule has 0 amide bonds. The maximum absolute atomic E-state index is 13.7. The number of ether oxygens (including phenoxy) is 2. The lowest BCUT2D eigenvalue weighted by Gasteiger charge is -2.30. The van der Waals surface area contributed by atoms with Crippen molar-refractivity contribution in [1.29, 1.82) is 0 Å². The molecular formula is C26H21N3O5. The van der Waals surface area contributed by atoms with Gasteiger partial charge in [-0.15, -0.1) is 0 Å². The number of anilines is 3. The Bertz CT molecular complexity index is 1440. The van der Waals surface area contributed by atoms with Gasteiger partial charge in [0.15, 0.2) is 11.5 Å². The van der Waals surface area contributed by atoms with E-state index in [9.17, 15) is 9.59 Å². The molecule has 1 aromatic heterocycles. The van der Waals surface area contributed by atoms with Gasteiger partial charge < -0.3 is 24.2 Å². The summed E-state index contributed by atoms with van der Waals surface area (Å²) in [7, 11) is 1.35. The molecule has 6 rings (SSSR count). The minimum Gasteiger partial charge on any atom is -0.465 e. The van der Waals surface area contributed by atoms with Gasteiger partial charge in [-0.05, 0) is 30.3 Å².